The molecule has 0 aliphatic carbocycles. The Bertz CT molecular complexity index is 749. The van der Waals surface area contributed by atoms with Gasteiger partial charge < -0.3 is 15.7 Å². The van der Waals surface area contributed by atoms with Crippen molar-refractivity contribution in [2.45, 2.75) is 27.2 Å². The van der Waals surface area contributed by atoms with E-state index >= 15 is 0 Å². The molecule has 0 aliphatic heterocycles. The molecule has 1 heterocycles. The van der Waals surface area contributed by atoms with Gasteiger partial charge in [0, 0.05) is 12.1 Å². The molecule has 2 aromatic rings. The molecule has 0 fully saturated rings. The third kappa shape index (κ3) is 5.72. The van der Waals surface area contributed by atoms with Crippen molar-refractivity contribution in [3.05, 3.63) is 44.9 Å². The summed E-state index contributed by atoms with van der Waals surface area (Å²) in [4.78, 5) is 24.5. The number of carbonyl (C=O) groups is 2. The number of thiophene rings is 1. The first-order chi connectivity index (χ1) is 11.9. The van der Waals surface area contributed by atoms with E-state index in [1.54, 1.807) is 0 Å². The Hall–Kier alpha value is -2.12. The third-order valence-electron chi connectivity index (χ3n) is 2.90. The van der Waals surface area contributed by atoms with Gasteiger partial charge in [-0.3, -0.25) is 9.59 Å². The van der Waals surface area contributed by atoms with Crippen molar-refractivity contribution < 1.29 is 19.1 Å². The number of carbonyl (C=O) groups excluding carboxylic acids is 2. The molecular weight excluding hydrogens is 367 g/mol. The lowest BCUT2D eigenvalue weighted by Crippen LogP contribution is -2.24. The van der Waals surface area contributed by atoms with E-state index in [9.17, 15) is 14.0 Å². The molecular formula is C17H20ClFN2O3S. The van der Waals surface area contributed by atoms with E-state index in [1.165, 1.54) is 12.1 Å². The summed E-state index contributed by atoms with van der Waals surface area (Å²) in [6.07, 6.45) is 0.777. The van der Waals surface area contributed by atoms with Crippen molar-refractivity contribution >= 4 is 40.4 Å². The maximum absolute atomic E-state index is 13.3. The summed E-state index contributed by atoms with van der Waals surface area (Å²) in [5.41, 5.74) is 0.273. The zero-order valence-electron chi connectivity index (χ0n) is 14.2. The summed E-state index contributed by atoms with van der Waals surface area (Å²) in [5.74, 6) is -2.39. The Balaban J connectivity index is 0.00000151. The number of anilines is 1. The highest BCUT2D eigenvalue weighted by molar-refractivity contribution is 7.18. The Kier molecular flexibility index (Phi) is 8.37. The lowest BCUT2D eigenvalue weighted by Gasteiger charge is -2.07. The summed E-state index contributed by atoms with van der Waals surface area (Å²) in [6, 6.07) is 4.73. The minimum Gasteiger partial charge on any atom is -0.505 e. The standard InChI is InChI=1S/C15H14ClFN2O3S.C2H6/c1-2-5-18-15(22)13-10(7-12(16)23-13)19-14(21)8-3-4-11(20)9(17)6-8;1-2/h3-4,6-7,20H,2,5H2,1H3,(H,18,22)(H,19,21);1-2H3. The predicted molar refractivity (Wildman–Crippen MR) is 99.3 cm³/mol. The largest absolute Gasteiger partial charge is 0.505 e. The fraction of sp³-hybridized carbons (Fsp3) is 0.294. The number of hydrogen-bond acceptors (Lipinski definition) is 4. The molecule has 8 heteroatoms. The van der Waals surface area contributed by atoms with Crippen molar-refractivity contribution in [1.82, 2.24) is 5.32 Å². The molecule has 0 saturated carbocycles. The van der Waals surface area contributed by atoms with Crippen LogP contribution in [0.2, 0.25) is 4.34 Å². The van der Waals surface area contributed by atoms with Crippen LogP contribution in [0.3, 0.4) is 0 Å². The molecule has 0 radical (unpaired) electrons. The highest BCUT2D eigenvalue weighted by atomic mass is 35.5. The summed E-state index contributed by atoms with van der Waals surface area (Å²) in [5, 5.41) is 14.4. The molecule has 25 heavy (non-hydrogen) atoms. The van der Waals surface area contributed by atoms with Crippen molar-refractivity contribution in [2.24, 2.45) is 0 Å². The number of nitrogens with one attached hydrogen (secondary N) is 2. The molecule has 2 amide bonds. The molecule has 1 aromatic heterocycles. The van der Waals surface area contributed by atoms with Gasteiger partial charge in [-0.05, 0) is 30.7 Å². The monoisotopic (exact) mass is 386 g/mol. The molecule has 3 N–H and O–H groups in total. The minimum absolute atomic E-state index is 0.0162. The molecule has 5 nitrogen and oxygen atoms in total. The van der Waals surface area contributed by atoms with Gasteiger partial charge in [0.2, 0.25) is 0 Å². The van der Waals surface area contributed by atoms with Gasteiger partial charge in [-0.25, -0.2) is 4.39 Å². The second-order valence-electron chi connectivity index (χ2n) is 4.67. The number of phenolic OH excluding ortho intramolecular Hbond substituents is 1. The lowest BCUT2D eigenvalue weighted by atomic mass is 10.2. The van der Waals surface area contributed by atoms with Gasteiger partial charge in [0.05, 0.1) is 10.0 Å². The van der Waals surface area contributed by atoms with E-state index in [4.69, 9.17) is 16.7 Å². The average Bonchev–Trinajstić information content (AvgIpc) is 2.97. The van der Waals surface area contributed by atoms with Crippen LogP contribution in [-0.4, -0.2) is 23.5 Å². The Morgan fingerprint density at radius 3 is 2.52 bits per heavy atom. The fourth-order valence-corrected chi connectivity index (χ4v) is 2.88. The van der Waals surface area contributed by atoms with E-state index in [1.807, 2.05) is 20.8 Å². The third-order valence-corrected chi connectivity index (χ3v) is 4.16. The molecule has 0 aliphatic rings. The number of halogens is 2. The van der Waals surface area contributed by atoms with E-state index in [0.717, 1.165) is 29.9 Å². The number of benzene rings is 1. The highest BCUT2D eigenvalue weighted by Crippen LogP contribution is 2.31. The van der Waals surface area contributed by atoms with Crippen molar-refractivity contribution in [3.63, 3.8) is 0 Å². The van der Waals surface area contributed by atoms with Gasteiger partial charge in [0.15, 0.2) is 11.6 Å². The van der Waals surface area contributed by atoms with Crippen LogP contribution in [0.15, 0.2) is 24.3 Å². The second kappa shape index (κ2) is 10.0. The number of hydrogen-bond donors (Lipinski definition) is 3. The van der Waals surface area contributed by atoms with Gasteiger partial charge in [0.1, 0.15) is 4.88 Å². The SMILES string of the molecule is CC.CCCNC(=O)c1sc(Cl)cc1NC(=O)c1ccc(O)c(F)c1. The summed E-state index contributed by atoms with van der Waals surface area (Å²) in [6.45, 7) is 6.43. The highest BCUT2D eigenvalue weighted by Gasteiger charge is 2.18. The van der Waals surface area contributed by atoms with Gasteiger partial charge in [-0.1, -0.05) is 32.4 Å². The number of amides is 2. The summed E-state index contributed by atoms with van der Waals surface area (Å²) in [7, 11) is 0. The molecule has 2 rings (SSSR count). The topological polar surface area (TPSA) is 78.4 Å². The zero-order valence-corrected chi connectivity index (χ0v) is 15.7. The van der Waals surface area contributed by atoms with Gasteiger partial charge in [-0.2, -0.15) is 0 Å². The molecule has 0 spiro atoms. The lowest BCUT2D eigenvalue weighted by molar-refractivity contribution is 0.0958. The maximum Gasteiger partial charge on any atom is 0.263 e. The van der Waals surface area contributed by atoms with E-state index in [0.29, 0.717) is 10.9 Å². The van der Waals surface area contributed by atoms with E-state index in [2.05, 4.69) is 10.6 Å². The fourth-order valence-electron chi connectivity index (χ4n) is 1.78. The van der Waals surface area contributed by atoms with Crippen LogP contribution >= 0.6 is 22.9 Å². The van der Waals surface area contributed by atoms with E-state index < -0.39 is 17.5 Å². The average molecular weight is 387 g/mol. The van der Waals surface area contributed by atoms with Crippen LogP contribution in [0, 0.1) is 5.82 Å². The van der Waals surface area contributed by atoms with Crippen LogP contribution in [0.4, 0.5) is 10.1 Å². The van der Waals surface area contributed by atoms with Crippen LogP contribution in [0.5, 0.6) is 5.75 Å². The molecule has 0 unspecified atom stereocenters. The molecule has 136 valence electrons. The normalized spacial score (nSPS) is 9.80. The summed E-state index contributed by atoms with van der Waals surface area (Å²) < 4.78 is 13.7. The number of phenols is 1. The van der Waals surface area contributed by atoms with Crippen molar-refractivity contribution in [1.29, 1.82) is 0 Å². The maximum atomic E-state index is 13.3. The van der Waals surface area contributed by atoms with Gasteiger partial charge in [-0.15, -0.1) is 11.3 Å². The Morgan fingerprint density at radius 2 is 1.92 bits per heavy atom. The van der Waals surface area contributed by atoms with Crippen molar-refractivity contribution in [3.8, 4) is 5.75 Å². The predicted octanol–water partition coefficient (Wildman–Crippen LogP) is 4.66. The number of rotatable bonds is 5. The van der Waals surface area contributed by atoms with Crippen LogP contribution in [-0.2, 0) is 0 Å². The smallest absolute Gasteiger partial charge is 0.263 e. The summed E-state index contributed by atoms with van der Waals surface area (Å²) >= 11 is 6.95. The van der Waals surface area contributed by atoms with Crippen LogP contribution in [0.1, 0.15) is 47.2 Å². The molecule has 0 atom stereocenters. The second-order valence-corrected chi connectivity index (χ2v) is 6.35. The molecule has 1 aromatic carbocycles. The first kappa shape index (κ1) is 20.9. The first-order valence-electron chi connectivity index (χ1n) is 7.79. The Morgan fingerprint density at radius 1 is 1.24 bits per heavy atom. The quantitative estimate of drug-likeness (QED) is 0.699. The number of aromatic hydroxyl groups is 1. The minimum atomic E-state index is -0.901. The zero-order chi connectivity index (χ0) is 19.0. The first-order valence-corrected chi connectivity index (χ1v) is 8.99. The van der Waals surface area contributed by atoms with Gasteiger partial charge in [0.25, 0.3) is 11.8 Å². The molecule has 0 bridgehead atoms. The van der Waals surface area contributed by atoms with Crippen LogP contribution in [0.25, 0.3) is 0 Å². The van der Waals surface area contributed by atoms with Crippen molar-refractivity contribution in [2.75, 3.05) is 11.9 Å². The van der Waals surface area contributed by atoms with Gasteiger partial charge >= 0.3 is 0 Å². The van der Waals surface area contributed by atoms with E-state index in [-0.39, 0.29) is 22.0 Å². The Labute approximate surface area is 154 Å². The van der Waals surface area contributed by atoms with Crippen LogP contribution < -0.4 is 10.6 Å². The molecule has 0 saturated heterocycles.